The van der Waals surface area contributed by atoms with E-state index in [4.69, 9.17) is 22.1 Å². The molecule has 2 aliphatic heterocycles. The van der Waals surface area contributed by atoms with E-state index in [0.717, 1.165) is 18.4 Å². The van der Waals surface area contributed by atoms with E-state index >= 15 is 4.39 Å². The number of carbonyl (C=O) groups excluding carboxylic acids is 1. The first-order valence-electron chi connectivity index (χ1n) is 13.4. The number of sulfonamides is 1. The highest BCUT2D eigenvalue weighted by Crippen LogP contribution is 2.35. The van der Waals surface area contributed by atoms with Gasteiger partial charge in [-0.05, 0) is 68.4 Å². The lowest BCUT2D eigenvalue weighted by atomic mass is 9.76. The van der Waals surface area contributed by atoms with Crippen LogP contribution >= 0.6 is 11.6 Å². The van der Waals surface area contributed by atoms with Crippen molar-refractivity contribution in [1.29, 1.82) is 0 Å². The van der Waals surface area contributed by atoms with Gasteiger partial charge in [0.1, 0.15) is 5.82 Å². The molecule has 8 nitrogen and oxygen atoms in total. The van der Waals surface area contributed by atoms with Crippen LogP contribution in [0, 0.1) is 11.7 Å². The van der Waals surface area contributed by atoms with Gasteiger partial charge in [-0.25, -0.2) is 12.8 Å². The first kappa shape index (κ1) is 29.9. The number of halogens is 2. The number of nitrogens with one attached hydrogen (secondary N) is 2. The molecule has 4 rings (SSSR count). The topological polar surface area (TPSA) is 114 Å². The molecule has 4 N–H and O–H groups in total. The van der Waals surface area contributed by atoms with Gasteiger partial charge in [0, 0.05) is 60.6 Å². The molecule has 0 aromatic heterocycles. The molecule has 1 amide bonds. The van der Waals surface area contributed by atoms with E-state index in [1.165, 1.54) is 16.6 Å². The van der Waals surface area contributed by atoms with Gasteiger partial charge in [0.05, 0.1) is 12.3 Å². The smallest absolute Gasteiger partial charge is 0.241 e. The maximum Gasteiger partial charge on any atom is 0.241 e. The van der Waals surface area contributed by atoms with Crippen LogP contribution < -0.4 is 16.4 Å². The highest BCUT2D eigenvalue weighted by molar-refractivity contribution is 7.88. The van der Waals surface area contributed by atoms with E-state index in [1.54, 1.807) is 24.3 Å². The Hall–Kier alpha value is -2.08. The van der Waals surface area contributed by atoms with Crippen molar-refractivity contribution in [2.24, 2.45) is 11.7 Å². The summed E-state index contributed by atoms with van der Waals surface area (Å²) in [5, 5.41) is 6.74. The average molecular weight is 581 g/mol. The molecule has 2 aromatic carbocycles. The van der Waals surface area contributed by atoms with E-state index in [1.807, 2.05) is 19.1 Å². The zero-order valence-corrected chi connectivity index (χ0v) is 24.0. The summed E-state index contributed by atoms with van der Waals surface area (Å²) in [6, 6.07) is 10.5. The summed E-state index contributed by atoms with van der Waals surface area (Å²) in [5.41, 5.74) is 8.21. The largest absolute Gasteiger partial charge is 0.381 e. The third kappa shape index (κ3) is 7.36. The fourth-order valence-electron chi connectivity index (χ4n) is 5.98. The number of nitrogens with two attached hydrogens (primary N) is 1. The summed E-state index contributed by atoms with van der Waals surface area (Å²) in [6.07, 6.45) is 3.42. The predicted octanol–water partition coefficient (Wildman–Crippen LogP) is 3.51. The van der Waals surface area contributed by atoms with Crippen LogP contribution in [-0.4, -0.2) is 69.3 Å². The normalized spacial score (nSPS) is 22.8. The van der Waals surface area contributed by atoms with Gasteiger partial charge in [-0.15, -0.1) is 0 Å². The number of rotatable bonds is 9. The van der Waals surface area contributed by atoms with Gasteiger partial charge in [0.25, 0.3) is 0 Å². The maximum atomic E-state index is 15.1. The third-order valence-electron chi connectivity index (χ3n) is 7.82. The van der Waals surface area contributed by atoms with E-state index < -0.39 is 27.8 Å². The summed E-state index contributed by atoms with van der Waals surface area (Å²) in [6.45, 7) is 4.11. The van der Waals surface area contributed by atoms with Crippen LogP contribution in [0.4, 0.5) is 10.1 Å². The number of ether oxygens (including phenoxy) is 1. The molecule has 39 heavy (non-hydrogen) atoms. The Morgan fingerprint density at radius 3 is 2.56 bits per heavy atom. The fraction of sp³-hybridized carbons (Fsp3) is 0.536. The Labute approximate surface area is 235 Å². The first-order valence-corrected chi connectivity index (χ1v) is 15.6. The molecule has 0 saturated carbocycles. The minimum atomic E-state index is -3.43. The predicted molar refractivity (Wildman–Crippen MR) is 152 cm³/mol. The van der Waals surface area contributed by atoms with Crippen LogP contribution in [0.25, 0.3) is 0 Å². The molecule has 214 valence electrons. The molecule has 2 heterocycles. The Balaban J connectivity index is 1.53. The van der Waals surface area contributed by atoms with Gasteiger partial charge in [-0.1, -0.05) is 29.8 Å². The van der Waals surface area contributed by atoms with Crippen LogP contribution in [0.1, 0.15) is 43.2 Å². The Kier molecular flexibility index (Phi) is 10.0. The fourth-order valence-corrected chi connectivity index (χ4v) is 7.55. The van der Waals surface area contributed by atoms with Crippen LogP contribution in [0.2, 0.25) is 5.02 Å². The van der Waals surface area contributed by atoms with Gasteiger partial charge in [-0.2, -0.15) is 4.31 Å². The molecule has 4 atom stereocenters. The summed E-state index contributed by atoms with van der Waals surface area (Å²) < 4.78 is 47.0. The van der Waals surface area contributed by atoms with Crippen LogP contribution in [0.15, 0.2) is 42.5 Å². The number of amides is 1. The van der Waals surface area contributed by atoms with E-state index in [0.29, 0.717) is 49.0 Å². The zero-order valence-electron chi connectivity index (χ0n) is 22.4. The second-order valence-electron chi connectivity index (χ2n) is 10.6. The summed E-state index contributed by atoms with van der Waals surface area (Å²) in [7, 11) is -3.43. The molecule has 2 fully saturated rings. The zero-order chi connectivity index (χ0) is 28.2. The lowest BCUT2D eigenvalue weighted by molar-refractivity contribution is -0.118. The number of anilines is 1. The van der Waals surface area contributed by atoms with E-state index in [9.17, 15) is 13.2 Å². The van der Waals surface area contributed by atoms with E-state index in [-0.39, 0.29) is 30.3 Å². The second kappa shape index (κ2) is 13.1. The third-order valence-corrected chi connectivity index (χ3v) is 9.50. The number of carbonyl (C=O) groups is 1. The molecule has 1 unspecified atom stereocenters. The lowest BCUT2D eigenvalue weighted by Gasteiger charge is -2.39. The molecular weight excluding hydrogens is 543 g/mol. The molecule has 11 heteroatoms. The SMILES string of the molecule is C[C@@H]1CNC[C@H](CCc2c(F)cccc2NC(=O)[C@@H](N)C(c2ccc(Cl)cc2)C2CCOCC2)N1S(C)(=O)=O. The van der Waals surface area contributed by atoms with Gasteiger partial charge in [0.2, 0.25) is 15.9 Å². The Bertz CT molecular complexity index is 1240. The highest BCUT2D eigenvalue weighted by Gasteiger charge is 2.36. The van der Waals surface area contributed by atoms with Crippen LogP contribution in [0.3, 0.4) is 0 Å². The number of benzene rings is 2. The number of nitrogens with zero attached hydrogens (tertiary/aromatic N) is 1. The van der Waals surface area contributed by atoms with Crippen molar-refractivity contribution in [1.82, 2.24) is 9.62 Å². The molecule has 0 spiro atoms. The van der Waals surface area contributed by atoms with Crippen molar-refractivity contribution in [2.75, 3.05) is 37.9 Å². The molecule has 2 aliphatic rings. The Morgan fingerprint density at radius 1 is 1.21 bits per heavy atom. The number of piperazine rings is 1. The standard InChI is InChI=1S/C28H38ClFN4O4S/c1-18-16-32-17-22(34(18)39(2,36)37)10-11-23-24(30)4-3-5-25(23)33-28(35)27(31)26(20-12-14-38-15-13-20)19-6-8-21(29)9-7-19/h3-9,18,20,22,26-27,32H,10-17,31H2,1-2H3,(H,33,35)/t18-,22+,26?,27+/m1/s1. The average Bonchev–Trinajstić information content (AvgIpc) is 2.89. The Morgan fingerprint density at radius 2 is 1.90 bits per heavy atom. The molecule has 2 aromatic rings. The van der Waals surface area contributed by atoms with Crippen molar-refractivity contribution >= 4 is 33.2 Å². The molecule has 2 saturated heterocycles. The van der Waals surface area contributed by atoms with Crippen molar-refractivity contribution in [3.63, 3.8) is 0 Å². The summed E-state index contributed by atoms with van der Waals surface area (Å²) in [5.74, 6) is -0.974. The van der Waals surface area contributed by atoms with Gasteiger partial charge >= 0.3 is 0 Å². The number of hydrogen-bond acceptors (Lipinski definition) is 6. The monoisotopic (exact) mass is 580 g/mol. The molecule has 0 bridgehead atoms. The highest BCUT2D eigenvalue weighted by atomic mass is 35.5. The van der Waals surface area contributed by atoms with Gasteiger partial charge < -0.3 is 21.1 Å². The van der Waals surface area contributed by atoms with Crippen LogP contribution in [-0.2, 0) is 26.0 Å². The lowest BCUT2D eigenvalue weighted by Crippen LogP contribution is -2.58. The molecule has 0 aliphatic carbocycles. The van der Waals surface area contributed by atoms with Crippen molar-refractivity contribution in [3.8, 4) is 0 Å². The molecular formula is C28H38ClFN4O4S. The van der Waals surface area contributed by atoms with Crippen molar-refractivity contribution in [3.05, 3.63) is 64.4 Å². The second-order valence-corrected chi connectivity index (χ2v) is 12.9. The first-order chi connectivity index (χ1) is 18.6. The quantitative estimate of drug-likeness (QED) is 0.418. The summed E-state index contributed by atoms with van der Waals surface area (Å²) >= 11 is 6.11. The number of hydrogen-bond donors (Lipinski definition) is 3. The minimum Gasteiger partial charge on any atom is -0.381 e. The van der Waals surface area contributed by atoms with Crippen molar-refractivity contribution < 1.29 is 22.3 Å². The minimum absolute atomic E-state index is 0.149. The summed E-state index contributed by atoms with van der Waals surface area (Å²) in [4.78, 5) is 13.5. The maximum absolute atomic E-state index is 15.1. The van der Waals surface area contributed by atoms with Crippen LogP contribution in [0.5, 0.6) is 0 Å². The van der Waals surface area contributed by atoms with Crippen molar-refractivity contribution in [2.45, 2.75) is 56.7 Å². The van der Waals surface area contributed by atoms with Gasteiger partial charge in [-0.3, -0.25) is 4.79 Å². The van der Waals surface area contributed by atoms with Gasteiger partial charge in [0.15, 0.2) is 0 Å². The molecule has 0 radical (unpaired) electrons. The van der Waals surface area contributed by atoms with E-state index in [2.05, 4.69) is 10.6 Å².